The Labute approximate surface area is 193 Å². The number of rotatable bonds is 6. The van der Waals surface area contributed by atoms with E-state index in [0.29, 0.717) is 24.8 Å². The number of nitrogens with zero attached hydrogens (tertiary/aromatic N) is 2. The lowest BCUT2D eigenvalue weighted by atomic mass is 9.50. The van der Waals surface area contributed by atoms with E-state index in [0.717, 1.165) is 57.1 Å². The maximum atomic E-state index is 13.7. The van der Waals surface area contributed by atoms with Gasteiger partial charge in [-0.15, -0.1) is 0 Å². The minimum absolute atomic E-state index is 0.000668. The Hall–Kier alpha value is -2.06. The summed E-state index contributed by atoms with van der Waals surface area (Å²) in [6, 6.07) is 5.01. The number of likely N-dealkylation sites (tertiary alicyclic amines) is 1. The van der Waals surface area contributed by atoms with Gasteiger partial charge in [-0.3, -0.25) is 4.79 Å². The SMILES string of the molecule is N#Cc1cc(S(=O)(=O)NC23CC4CC(CC(NCC(=O)N5CCC[C@H]5N)(C4)C2)C3)ccc1F. The molecule has 1 aliphatic heterocycles. The van der Waals surface area contributed by atoms with Crippen molar-refractivity contribution in [1.29, 1.82) is 5.26 Å². The first kappa shape index (κ1) is 22.7. The number of hydrogen-bond donors (Lipinski definition) is 3. The number of carbonyl (C=O) groups is 1. The van der Waals surface area contributed by atoms with Crippen LogP contribution in [0.4, 0.5) is 4.39 Å². The van der Waals surface area contributed by atoms with E-state index < -0.39 is 21.4 Å². The molecule has 0 radical (unpaired) electrons. The molecule has 3 atom stereocenters. The van der Waals surface area contributed by atoms with Gasteiger partial charge in [0.15, 0.2) is 0 Å². The Bertz CT molecular complexity index is 1100. The fourth-order valence-corrected chi connectivity index (χ4v) is 8.60. The molecule has 5 fully saturated rings. The van der Waals surface area contributed by atoms with Gasteiger partial charge in [0.2, 0.25) is 15.9 Å². The molecule has 4 saturated carbocycles. The third-order valence-electron chi connectivity index (χ3n) is 8.01. The topological polar surface area (TPSA) is 128 Å². The lowest BCUT2D eigenvalue weighted by Crippen LogP contribution is -2.69. The zero-order valence-corrected chi connectivity index (χ0v) is 19.3. The van der Waals surface area contributed by atoms with Crippen molar-refractivity contribution in [2.75, 3.05) is 13.1 Å². The van der Waals surface area contributed by atoms with E-state index in [-0.39, 0.29) is 34.6 Å². The summed E-state index contributed by atoms with van der Waals surface area (Å²) in [5, 5.41) is 12.6. The quantitative estimate of drug-likeness (QED) is 0.573. The number of nitrogens with two attached hydrogens (primary N) is 1. The molecule has 1 heterocycles. The summed E-state index contributed by atoms with van der Waals surface area (Å²) in [4.78, 5) is 14.4. The van der Waals surface area contributed by atoms with Gasteiger partial charge in [-0.25, -0.2) is 17.5 Å². The molecule has 33 heavy (non-hydrogen) atoms. The number of sulfonamides is 1. The summed E-state index contributed by atoms with van der Waals surface area (Å²) in [5.74, 6) is 0.0273. The maximum absolute atomic E-state index is 13.7. The fourth-order valence-electron chi connectivity index (χ4n) is 7.16. The van der Waals surface area contributed by atoms with Crippen LogP contribution in [0.5, 0.6) is 0 Å². The number of hydrogen-bond acceptors (Lipinski definition) is 6. The van der Waals surface area contributed by atoms with Gasteiger partial charge >= 0.3 is 0 Å². The molecule has 1 aromatic carbocycles. The van der Waals surface area contributed by atoms with Gasteiger partial charge < -0.3 is 16.0 Å². The van der Waals surface area contributed by atoms with Gasteiger partial charge in [0, 0.05) is 17.6 Å². The van der Waals surface area contributed by atoms with E-state index in [1.807, 2.05) is 0 Å². The normalized spacial score (nSPS) is 35.1. The molecule has 0 aromatic heterocycles. The highest BCUT2D eigenvalue weighted by Crippen LogP contribution is 2.57. The number of amides is 1. The minimum atomic E-state index is -3.94. The summed E-state index contributed by atoms with van der Waals surface area (Å²) in [7, 11) is -3.94. The largest absolute Gasteiger partial charge is 0.326 e. The molecule has 1 aromatic rings. The third kappa shape index (κ3) is 4.16. The molecule has 4 aliphatic carbocycles. The van der Waals surface area contributed by atoms with Crippen molar-refractivity contribution in [1.82, 2.24) is 14.9 Å². The highest BCUT2D eigenvalue weighted by Gasteiger charge is 2.58. The highest BCUT2D eigenvalue weighted by molar-refractivity contribution is 7.89. The molecule has 1 amide bonds. The number of nitriles is 1. The van der Waals surface area contributed by atoms with Crippen LogP contribution in [-0.4, -0.2) is 49.6 Å². The third-order valence-corrected chi connectivity index (χ3v) is 9.59. The Balaban J connectivity index is 1.35. The first-order valence-corrected chi connectivity index (χ1v) is 13.1. The smallest absolute Gasteiger partial charge is 0.241 e. The molecule has 4 N–H and O–H groups in total. The number of benzene rings is 1. The van der Waals surface area contributed by atoms with Crippen LogP contribution in [0.2, 0.25) is 0 Å². The van der Waals surface area contributed by atoms with Gasteiger partial charge in [-0.05, 0) is 81.4 Å². The molecular formula is C23H30FN5O3S. The van der Waals surface area contributed by atoms with Crippen LogP contribution in [0.25, 0.3) is 0 Å². The monoisotopic (exact) mass is 475 g/mol. The average Bonchev–Trinajstić information content (AvgIpc) is 3.16. The Morgan fingerprint density at radius 3 is 2.58 bits per heavy atom. The van der Waals surface area contributed by atoms with Crippen molar-refractivity contribution in [3.8, 4) is 6.07 Å². The predicted molar refractivity (Wildman–Crippen MR) is 119 cm³/mol. The van der Waals surface area contributed by atoms with Crippen molar-refractivity contribution >= 4 is 15.9 Å². The predicted octanol–water partition coefficient (Wildman–Crippen LogP) is 1.56. The molecule has 5 aliphatic rings. The molecule has 1 saturated heterocycles. The Morgan fingerprint density at radius 2 is 1.94 bits per heavy atom. The summed E-state index contributed by atoms with van der Waals surface area (Å²) >= 11 is 0. The van der Waals surface area contributed by atoms with Crippen LogP contribution in [0.15, 0.2) is 23.1 Å². The van der Waals surface area contributed by atoms with Crippen LogP contribution in [0.1, 0.15) is 56.9 Å². The van der Waals surface area contributed by atoms with Gasteiger partial charge in [-0.1, -0.05) is 0 Å². The van der Waals surface area contributed by atoms with Crippen LogP contribution >= 0.6 is 0 Å². The Morgan fingerprint density at radius 1 is 1.24 bits per heavy atom. The summed E-state index contributed by atoms with van der Waals surface area (Å²) in [5.41, 5.74) is 4.87. The number of nitrogens with one attached hydrogen (secondary N) is 2. The van der Waals surface area contributed by atoms with E-state index in [2.05, 4.69) is 10.0 Å². The van der Waals surface area contributed by atoms with E-state index in [1.165, 1.54) is 6.07 Å². The molecular weight excluding hydrogens is 445 g/mol. The number of carbonyl (C=O) groups excluding carboxylic acids is 1. The molecule has 2 unspecified atom stereocenters. The minimum Gasteiger partial charge on any atom is -0.326 e. The van der Waals surface area contributed by atoms with Crippen LogP contribution < -0.4 is 15.8 Å². The zero-order chi connectivity index (χ0) is 23.4. The van der Waals surface area contributed by atoms with Crippen molar-refractivity contribution in [3.05, 3.63) is 29.6 Å². The van der Waals surface area contributed by atoms with E-state index in [9.17, 15) is 17.6 Å². The second kappa shape index (κ2) is 8.01. The first-order chi connectivity index (χ1) is 15.6. The molecule has 4 bridgehead atoms. The highest BCUT2D eigenvalue weighted by atomic mass is 32.2. The zero-order valence-electron chi connectivity index (χ0n) is 18.5. The molecule has 10 heteroatoms. The summed E-state index contributed by atoms with van der Waals surface area (Å²) in [6.45, 7) is 0.894. The standard InChI is InChI=1S/C23H30FN5O3S/c24-19-4-3-18(7-17(19)12-25)33(31,32)28-23-10-15-6-16(11-23)9-22(8-15,14-23)27-13-21(30)29-5-1-2-20(29)26/h3-4,7,15-16,20,27-28H,1-2,5-6,8-11,13-14,26H2/t15?,16?,20-,22?,23?/m0/s1. The van der Waals surface area contributed by atoms with Crippen LogP contribution in [0.3, 0.4) is 0 Å². The average molecular weight is 476 g/mol. The van der Waals surface area contributed by atoms with Crippen molar-refractivity contribution in [2.45, 2.75) is 73.5 Å². The van der Waals surface area contributed by atoms with Crippen LogP contribution in [0, 0.1) is 29.0 Å². The van der Waals surface area contributed by atoms with Gasteiger partial charge in [0.05, 0.1) is 23.2 Å². The number of halogens is 1. The lowest BCUT2D eigenvalue weighted by Gasteiger charge is -2.62. The van der Waals surface area contributed by atoms with Gasteiger partial charge in [0.1, 0.15) is 11.9 Å². The van der Waals surface area contributed by atoms with Crippen molar-refractivity contribution in [2.24, 2.45) is 17.6 Å². The van der Waals surface area contributed by atoms with Crippen molar-refractivity contribution < 1.29 is 17.6 Å². The molecule has 8 nitrogen and oxygen atoms in total. The second-order valence-electron chi connectivity index (χ2n) is 10.5. The maximum Gasteiger partial charge on any atom is 0.241 e. The van der Waals surface area contributed by atoms with Crippen LogP contribution in [-0.2, 0) is 14.8 Å². The fraction of sp³-hybridized carbons (Fsp3) is 0.652. The van der Waals surface area contributed by atoms with E-state index in [1.54, 1.807) is 11.0 Å². The Kier molecular flexibility index (Phi) is 5.52. The molecule has 178 valence electrons. The second-order valence-corrected chi connectivity index (χ2v) is 12.2. The molecule has 0 spiro atoms. The summed E-state index contributed by atoms with van der Waals surface area (Å²) in [6.07, 6.45) is 6.58. The van der Waals surface area contributed by atoms with E-state index >= 15 is 0 Å². The van der Waals surface area contributed by atoms with E-state index in [4.69, 9.17) is 11.0 Å². The molecule has 6 rings (SSSR count). The summed E-state index contributed by atoms with van der Waals surface area (Å²) < 4.78 is 43.2. The van der Waals surface area contributed by atoms with Gasteiger partial charge in [0.25, 0.3) is 0 Å². The lowest BCUT2D eigenvalue weighted by molar-refractivity contribution is -0.132. The van der Waals surface area contributed by atoms with Crippen molar-refractivity contribution in [3.63, 3.8) is 0 Å². The first-order valence-electron chi connectivity index (χ1n) is 11.7. The van der Waals surface area contributed by atoms with Gasteiger partial charge in [-0.2, -0.15) is 5.26 Å².